The fourth-order valence-electron chi connectivity index (χ4n) is 2.18. The molecule has 2 aromatic rings. The van der Waals surface area contributed by atoms with Crippen molar-refractivity contribution in [3.63, 3.8) is 0 Å². The average molecular weight is 290 g/mol. The Kier molecular flexibility index (Phi) is 4.52. The van der Waals surface area contributed by atoms with Crippen molar-refractivity contribution < 1.29 is 4.92 Å². The zero-order valence-electron chi connectivity index (χ0n) is 11.8. The molecule has 0 bridgehead atoms. The summed E-state index contributed by atoms with van der Waals surface area (Å²) in [6.45, 7) is 5.89. The molecule has 1 N–H and O–H groups in total. The number of rotatable bonds is 5. The van der Waals surface area contributed by atoms with E-state index in [1.807, 2.05) is 19.1 Å². The summed E-state index contributed by atoms with van der Waals surface area (Å²) < 4.78 is 0. The highest BCUT2D eigenvalue weighted by Gasteiger charge is 2.16. The zero-order valence-corrected chi connectivity index (χ0v) is 12.6. The molecule has 0 aliphatic rings. The zero-order chi connectivity index (χ0) is 14.7. The molecule has 0 saturated carbocycles. The van der Waals surface area contributed by atoms with E-state index in [-0.39, 0.29) is 22.7 Å². The number of nitro benzene ring substituents is 1. The Balaban J connectivity index is 2.15. The molecule has 2 atom stereocenters. The molecule has 1 heterocycles. The van der Waals surface area contributed by atoms with Crippen LogP contribution in [0.1, 0.15) is 41.9 Å². The Hall–Kier alpha value is -1.72. The van der Waals surface area contributed by atoms with Crippen molar-refractivity contribution in [1.29, 1.82) is 0 Å². The quantitative estimate of drug-likeness (QED) is 0.657. The van der Waals surface area contributed by atoms with Crippen LogP contribution < -0.4 is 5.32 Å². The molecule has 0 fully saturated rings. The maximum Gasteiger partial charge on any atom is 0.272 e. The molecular weight excluding hydrogens is 272 g/mol. The number of nitrogens with zero attached hydrogens (tertiary/aromatic N) is 1. The van der Waals surface area contributed by atoms with Crippen molar-refractivity contribution in [3.05, 3.63) is 61.8 Å². The maximum absolute atomic E-state index is 11.0. The lowest BCUT2D eigenvalue weighted by atomic mass is 10.0. The molecule has 5 heteroatoms. The molecule has 2 rings (SSSR count). The van der Waals surface area contributed by atoms with E-state index >= 15 is 0 Å². The number of aryl methyl sites for hydroxylation is 1. The van der Waals surface area contributed by atoms with Gasteiger partial charge in [-0.1, -0.05) is 18.2 Å². The Labute approximate surface area is 122 Å². The van der Waals surface area contributed by atoms with Gasteiger partial charge in [-0.2, -0.15) is 0 Å². The van der Waals surface area contributed by atoms with Crippen LogP contribution in [-0.2, 0) is 0 Å². The maximum atomic E-state index is 11.0. The first-order valence-corrected chi connectivity index (χ1v) is 7.41. The second kappa shape index (κ2) is 6.15. The van der Waals surface area contributed by atoms with Gasteiger partial charge in [-0.05, 0) is 37.8 Å². The summed E-state index contributed by atoms with van der Waals surface area (Å²) in [6.07, 6.45) is 0. The Morgan fingerprint density at radius 2 is 2.00 bits per heavy atom. The fraction of sp³-hybridized carbons (Fsp3) is 0.333. The third kappa shape index (κ3) is 3.23. The molecule has 0 aliphatic carbocycles. The highest BCUT2D eigenvalue weighted by molar-refractivity contribution is 7.10. The second-order valence-corrected chi connectivity index (χ2v) is 5.91. The summed E-state index contributed by atoms with van der Waals surface area (Å²) in [5.41, 5.74) is 1.81. The van der Waals surface area contributed by atoms with E-state index in [2.05, 4.69) is 23.7 Å². The first-order chi connectivity index (χ1) is 9.49. The van der Waals surface area contributed by atoms with Gasteiger partial charge in [-0.3, -0.25) is 10.1 Å². The molecule has 0 amide bonds. The van der Waals surface area contributed by atoms with Crippen molar-refractivity contribution in [3.8, 4) is 0 Å². The minimum absolute atomic E-state index is 0.0615. The van der Waals surface area contributed by atoms with Crippen molar-refractivity contribution in [2.45, 2.75) is 32.9 Å². The summed E-state index contributed by atoms with van der Waals surface area (Å²) in [4.78, 5) is 11.9. The number of benzene rings is 1. The van der Waals surface area contributed by atoms with Crippen LogP contribution >= 0.6 is 11.3 Å². The summed E-state index contributed by atoms with van der Waals surface area (Å²) in [5, 5.41) is 16.5. The summed E-state index contributed by atoms with van der Waals surface area (Å²) >= 11 is 1.71. The molecule has 1 unspecified atom stereocenters. The molecule has 1 aromatic heterocycles. The molecule has 4 nitrogen and oxygen atoms in total. The van der Waals surface area contributed by atoms with Crippen molar-refractivity contribution in [1.82, 2.24) is 5.32 Å². The number of thiophene rings is 1. The fourth-order valence-corrected chi connectivity index (χ4v) is 2.93. The average Bonchev–Trinajstić information content (AvgIpc) is 2.92. The predicted octanol–water partition coefficient (Wildman–Crippen LogP) is 4.38. The van der Waals surface area contributed by atoms with Crippen molar-refractivity contribution in [2.75, 3.05) is 0 Å². The minimum Gasteiger partial charge on any atom is -0.303 e. The Morgan fingerprint density at radius 3 is 2.60 bits per heavy atom. The molecule has 106 valence electrons. The topological polar surface area (TPSA) is 55.2 Å². The standard InChI is InChI=1S/C15H18N2O2S/c1-10-6-7-13(9-14(10)17(18)19)11(2)16-12(3)15-5-4-8-20-15/h4-9,11-12,16H,1-3H3/t11?,12-/m1/s1. The highest BCUT2D eigenvalue weighted by Crippen LogP contribution is 2.26. The van der Waals surface area contributed by atoms with Gasteiger partial charge in [0.15, 0.2) is 0 Å². The number of hydrogen-bond acceptors (Lipinski definition) is 4. The first kappa shape index (κ1) is 14.7. The lowest BCUT2D eigenvalue weighted by molar-refractivity contribution is -0.385. The number of nitrogens with one attached hydrogen (secondary N) is 1. The second-order valence-electron chi connectivity index (χ2n) is 4.93. The van der Waals surface area contributed by atoms with Gasteiger partial charge in [0.2, 0.25) is 0 Å². The molecule has 20 heavy (non-hydrogen) atoms. The summed E-state index contributed by atoms with van der Waals surface area (Å²) in [5.74, 6) is 0. The van der Waals surface area contributed by atoms with Crippen LogP contribution in [0.4, 0.5) is 5.69 Å². The van der Waals surface area contributed by atoms with Gasteiger partial charge in [0.05, 0.1) is 4.92 Å². The molecular formula is C15H18N2O2S. The van der Waals surface area contributed by atoms with Crippen LogP contribution in [0.3, 0.4) is 0 Å². The van der Waals surface area contributed by atoms with Gasteiger partial charge in [0.25, 0.3) is 5.69 Å². The van der Waals surface area contributed by atoms with E-state index in [0.29, 0.717) is 5.56 Å². The Morgan fingerprint density at radius 1 is 1.25 bits per heavy atom. The molecule has 1 aromatic carbocycles. The molecule has 0 saturated heterocycles. The SMILES string of the molecule is Cc1ccc(C(C)N[C@H](C)c2cccs2)cc1[N+](=O)[O-]. The van der Waals surface area contributed by atoms with Gasteiger partial charge >= 0.3 is 0 Å². The first-order valence-electron chi connectivity index (χ1n) is 6.53. The van der Waals surface area contributed by atoms with Crippen LogP contribution in [0.2, 0.25) is 0 Å². The minimum atomic E-state index is -0.325. The van der Waals surface area contributed by atoms with E-state index in [9.17, 15) is 10.1 Å². The number of hydrogen-bond donors (Lipinski definition) is 1. The van der Waals surface area contributed by atoms with Gasteiger partial charge < -0.3 is 5.32 Å². The molecule has 0 spiro atoms. The summed E-state index contributed by atoms with van der Waals surface area (Å²) in [7, 11) is 0. The van der Waals surface area contributed by atoms with Gasteiger partial charge in [0.1, 0.15) is 0 Å². The number of nitro groups is 1. The van der Waals surface area contributed by atoms with E-state index in [1.54, 1.807) is 30.4 Å². The summed E-state index contributed by atoms with van der Waals surface area (Å²) in [6, 6.07) is 9.82. The van der Waals surface area contributed by atoms with E-state index in [4.69, 9.17) is 0 Å². The lowest BCUT2D eigenvalue weighted by Gasteiger charge is -2.19. The van der Waals surface area contributed by atoms with Crippen LogP contribution in [0.25, 0.3) is 0 Å². The molecule has 0 aliphatic heterocycles. The predicted molar refractivity (Wildman–Crippen MR) is 82.1 cm³/mol. The van der Waals surface area contributed by atoms with Gasteiger partial charge in [-0.25, -0.2) is 0 Å². The van der Waals surface area contributed by atoms with Crippen LogP contribution in [0.5, 0.6) is 0 Å². The van der Waals surface area contributed by atoms with E-state index in [1.165, 1.54) is 4.88 Å². The molecule has 0 radical (unpaired) electrons. The van der Waals surface area contributed by atoms with Crippen molar-refractivity contribution in [2.24, 2.45) is 0 Å². The highest BCUT2D eigenvalue weighted by atomic mass is 32.1. The van der Waals surface area contributed by atoms with Gasteiger partial charge in [0, 0.05) is 28.6 Å². The Bertz CT molecular complexity index is 596. The van der Waals surface area contributed by atoms with Crippen LogP contribution in [0.15, 0.2) is 35.7 Å². The van der Waals surface area contributed by atoms with Gasteiger partial charge in [-0.15, -0.1) is 11.3 Å². The van der Waals surface area contributed by atoms with Crippen LogP contribution in [-0.4, -0.2) is 4.92 Å². The van der Waals surface area contributed by atoms with E-state index in [0.717, 1.165) is 5.56 Å². The van der Waals surface area contributed by atoms with Crippen LogP contribution in [0, 0.1) is 17.0 Å². The lowest BCUT2D eigenvalue weighted by Crippen LogP contribution is -2.21. The third-order valence-corrected chi connectivity index (χ3v) is 4.45. The monoisotopic (exact) mass is 290 g/mol. The van der Waals surface area contributed by atoms with Crippen molar-refractivity contribution >= 4 is 17.0 Å². The largest absolute Gasteiger partial charge is 0.303 e. The van der Waals surface area contributed by atoms with E-state index < -0.39 is 0 Å². The smallest absolute Gasteiger partial charge is 0.272 e. The normalized spacial score (nSPS) is 13.9. The third-order valence-electron chi connectivity index (χ3n) is 3.40.